The average molecular weight is 346 g/mol. The Hall–Kier alpha value is -2.34. The fourth-order valence-corrected chi connectivity index (χ4v) is 3.22. The lowest BCUT2D eigenvalue weighted by Gasteiger charge is -2.08. The molecule has 0 aromatic heterocycles. The summed E-state index contributed by atoms with van der Waals surface area (Å²) in [6, 6.07) is 14.7. The first-order valence-electron chi connectivity index (χ1n) is 7.69. The number of carbonyl (C=O) groups excluding carboxylic acids is 1. The summed E-state index contributed by atoms with van der Waals surface area (Å²) in [5, 5.41) is 2.85. The molecule has 0 bridgehead atoms. The molecule has 0 aliphatic rings. The van der Waals surface area contributed by atoms with Crippen LogP contribution >= 0.6 is 0 Å². The second kappa shape index (κ2) is 7.97. The van der Waals surface area contributed by atoms with E-state index < -0.39 is 9.84 Å². The van der Waals surface area contributed by atoms with Gasteiger partial charge in [-0.2, -0.15) is 0 Å². The van der Waals surface area contributed by atoms with Crippen molar-refractivity contribution in [3.05, 3.63) is 65.2 Å². The van der Waals surface area contributed by atoms with Gasteiger partial charge in [-0.25, -0.2) is 8.42 Å². The number of benzene rings is 2. The molecule has 3 N–H and O–H groups in total. The molecule has 0 fully saturated rings. The van der Waals surface area contributed by atoms with Crippen molar-refractivity contribution in [1.29, 1.82) is 0 Å². The van der Waals surface area contributed by atoms with Crippen molar-refractivity contribution in [3.8, 4) is 0 Å². The SMILES string of the molecule is CS(=O)(=O)Cc1cccc(CNC(=O)CCc2ccccc2N)c1. The molecule has 0 heterocycles. The third kappa shape index (κ3) is 6.04. The van der Waals surface area contributed by atoms with Gasteiger partial charge in [0, 0.05) is 24.9 Å². The van der Waals surface area contributed by atoms with Crippen molar-refractivity contribution in [2.24, 2.45) is 0 Å². The quantitative estimate of drug-likeness (QED) is 0.751. The minimum atomic E-state index is -3.07. The van der Waals surface area contributed by atoms with Crippen LogP contribution in [-0.4, -0.2) is 20.6 Å². The molecule has 2 aromatic carbocycles. The smallest absolute Gasteiger partial charge is 0.220 e. The van der Waals surface area contributed by atoms with Gasteiger partial charge in [-0.05, 0) is 29.2 Å². The Morgan fingerprint density at radius 3 is 2.50 bits per heavy atom. The Kier molecular flexibility index (Phi) is 5.98. The van der Waals surface area contributed by atoms with E-state index >= 15 is 0 Å². The number of rotatable bonds is 7. The van der Waals surface area contributed by atoms with Gasteiger partial charge in [-0.1, -0.05) is 42.5 Å². The van der Waals surface area contributed by atoms with E-state index in [1.807, 2.05) is 30.3 Å². The van der Waals surface area contributed by atoms with E-state index in [9.17, 15) is 13.2 Å². The van der Waals surface area contributed by atoms with E-state index in [4.69, 9.17) is 5.73 Å². The van der Waals surface area contributed by atoms with Crippen LogP contribution in [0.25, 0.3) is 0 Å². The summed E-state index contributed by atoms with van der Waals surface area (Å²) in [6.45, 7) is 0.376. The van der Waals surface area contributed by atoms with Crippen LogP contribution in [0.2, 0.25) is 0 Å². The zero-order valence-corrected chi connectivity index (χ0v) is 14.5. The van der Waals surface area contributed by atoms with Crippen molar-refractivity contribution >= 4 is 21.4 Å². The van der Waals surface area contributed by atoms with Crippen LogP contribution in [0.5, 0.6) is 0 Å². The van der Waals surface area contributed by atoms with Crippen molar-refractivity contribution in [3.63, 3.8) is 0 Å². The predicted octanol–water partition coefficient (Wildman–Crippen LogP) is 2.06. The molecule has 0 saturated heterocycles. The molecule has 0 aliphatic heterocycles. The zero-order valence-electron chi connectivity index (χ0n) is 13.7. The summed E-state index contributed by atoms with van der Waals surface area (Å²) in [7, 11) is -3.07. The Morgan fingerprint density at radius 1 is 1.08 bits per heavy atom. The molecule has 0 aliphatic carbocycles. The molecule has 5 nitrogen and oxygen atoms in total. The summed E-state index contributed by atoms with van der Waals surface area (Å²) in [5.74, 6) is -0.0611. The molecule has 0 unspecified atom stereocenters. The van der Waals surface area contributed by atoms with Crippen LogP contribution in [0.1, 0.15) is 23.1 Å². The number of hydrogen-bond donors (Lipinski definition) is 2. The van der Waals surface area contributed by atoms with Crippen LogP contribution in [0.15, 0.2) is 48.5 Å². The first kappa shape index (κ1) is 18.0. The van der Waals surface area contributed by atoms with Crippen molar-refractivity contribution < 1.29 is 13.2 Å². The normalized spacial score (nSPS) is 11.2. The summed E-state index contributed by atoms with van der Waals surface area (Å²) >= 11 is 0. The summed E-state index contributed by atoms with van der Waals surface area (Å²) in [6.07, 6.45) is 2.15. The second-order valence-corrected chi connectivity index (χ2v) is 8.01. The average Bonchev–Trinajstić information content (AvgIpc) is 2.51. The molecular formula is C18H22N2O3S. The molecule has 0 saturated carbocycles. The maximum Gasteiger partial charge on any atom is 0.220 e. The van der Waals surface area contributed by atoms with Crippen molar-refractivity contribution in [2.75, 3.05) is 12.0 Å². The van der Waals surface area contributed by atoms with E-state index in [1.54, 1.807) is 18.2 Å². The van der Waals surface area contributed by atoms with Crippen LogP contribution in [0, 0.1) is 0 Å². The highest BCUT2D eigenvalue weighted by Gasteiger charge is 2.07. The first-order valence-corrected chi connectivity index (χ1v) is 9.75. The van der Waals surface area contributed by atoms with Crippen molar-refractivity contribution in [2.45, 2.75) is 25.1 Å². The molecule has 0 spiro atoms. The fourth-order valence-electron chi connectivity index (χ4n) is 2.43. The number of nitrogen functional groups attached to an aromatic ring is 1. The molecule has 24 heavy (non-hydrogen) atoms. The van der Waals surface area contributed by atoms with Crippen molar-refractivity contribution in [1.82, 2.24) is 5.32 Å². The number of hydrogen-bond acceptors (Lipinski definition) is 4. The molecule has 2 aromatic rings. The highest BCUT2D eigenvalue weighted by molar-refractivity contribution is 7.89. The lowest BCUT2D eigenvalue weighted by Crippen LogP contribution is -2.23. The molecule has 2 rings (SSSR count). The zero-order chi connectivity index (χ0) is 17.6. The van der Waals surface area contributed by atoms with Crippen LogP contribution in [-0.2, 0) is 33.4 Å². The molecule has 0 atom stereocenters. The summed E-state index contributed by atoms with van der Waals surface area (Å²) < 4.78 is 22.7. The monoisotopic (exact) mass is 346 g/mol. The number of para-hydroxylation sites is 1. The minimum Gasteiger partial charge on any atom is -0.399 e. The highest BCUT2D eigenvalue weighted by Crippen LogP contribution is 2.13. The molecule has 1 amide bonds. The van der Waals surface area contributed by atoms with E-state index in [0.29, 0.717) is 25.1 Å². The number of aryl methyl sites for hydroxylation is 1. The lowest BCUT2D eigenvalue weighted by atomic mass is 10.1. The van der Waals surface area contributed by atoms with Gasteiger partial charge in [-0.15, -0.1) is 0 Å². The van der Waals surface area contributed by atoms with Crippen LogP contribution < -0.4 is 11.1 Å². The lowest BCUT2D eigenvalue weighted by molar-refractivity contribution is -0.121. The Morgan fingerprint density at radius 2 is 1.79 bits per heavy atom. The number of nitrogens with one attached hydrogen (secondary N) is 1. The topological polar surface area (TPSA) is 89.3 Å². The standard InChI is InChI=1S/C18H22N2O3S/c1-24(22,23)13-15-6-4-5-14(11-15)12-20-18(21)10-9-16-7-2-3-8-17(16)19/h2-8,11H,9-10,12-13,19H2,1H3,(H,20,21). The predicted molar refractivity (Wildman–Crippen MR) is 96.0 cm³/mol. The number of anilines is 1. The third-order valence-electron chi connectivity index (χ3n) is 3.59. The minimum absolute atomic E-state index is 0.00205. The Labute approximate surface area is 142 Å². The van der Waals surface area contributed by atoms with Gasteiger partial charge >= 0.3 is 0 Å². The largest absolute Gasteiger partial charge is 0.399 e. The van der Waals surface area contributed by atoms with E-state index in [-0.39, 0.29) is 11.7 Å². The van der Waals surface area contributed by atoms with E-state index in [0.717, 1.165) is 16.7 Å². The number of carbonyl (C=O) groups is 1. The van der Waals surface area contributed by atoms with Gasteiger partial charge in [0.1, 0.15) is 0 Å². The van der Waals surface area contributed by atoms with E-state index in [2.05, 4.69) is 5.32 Å². The highest BCUT2D eigenvalue weighted by atomic mass is 32.2. The van der Waals surface area contributed by atoms with Crippen LogP contribution in [0.4, 0.5) is 5.69 Å². The first-order chi connectivity index (χ1) is 11.3. The Balaban J connectivity index is 1.85. The number of sulfone groups is 1. The van der Waals surface area contributed by atoms with Gasteiger partial charge in [0.25, 0.3) is 0 Å². The third-order valence-corrected chi connectivity index (χ3v) is 4.44. The van der Waals surface area contributed by atoms with Gasteiger partial charge in [-0.3, -0.25) is 4.79 Å². The van der Waals surface area contributed by atoms with Gasteiger partial charge in [0.15, 0.2) is 9.84 Å². The van der Waals surface area contributed by atoms with Gasteiger partial charge < -0.3 is 11.1 Å². The summed E-state index contributed by atoms with van der Waals surface area (Å²) in [4.78, 5) is 12.0. The molecule has 128 valence electrons. The second-order valence-electron chi connectivity index (χ2n) is 5.87. The van der Waals surface area contributed by atoms with Gasteiger partial charge in [0.2, 0.25) is 5.91 Å². The molecular weight excluding hydrogens is 324 g/mol. The maximum atomic E-state index is 12.0. The number of nitrogens with two attached hydrogens (primary N) is 1. The Bertz CT molecular complexity index is 817. The summed E-state index contributed by atoms with van der Waals surface area (Å²) in [5.41, 5.74) is 9.11. The fraction of sp³-hybridized carbons (Fsp3) is 0.278. The maximum absolute atomic E-state index is 12.0. The van der Waals surface area contributed by atoms with Gasteiger partial charge in [0.05, 0.1) is 5.75 Å². The molecule has 0 radical (unpaired) electrons. The van der Waals surface area contributed by atoms with E-state index in [1.165, 1.54) is 6.26 Å². The number of amides is 1. The van der Waals surface area contributed by atoms with Crippen LogP contribution in [0.3, 0.4) is 0 Å². The molecule has 6 heteroatoms.